The summed E-state index contributed by atoms with van der Waals surface area (Å²) in [7, 11) is 0. The number of hydrogen-bond donors (Lipinski definition) is 2. The molecule has 0 fully saturated rings. The summed E-state index contributed by atoms with van der Waals surface area (Å²) in [5.74, 6) is -1.20. The Morgan fingerprint density at radius 2 is 1.38 bits per heavy atom. The first-order valence-corrected chi connectivity index (χ1v) is 8.75. The summed E-state index contributed by atoms with van der Waals surface area (Å²) in [5, 5.41) is 10.8. The molecule has 0 aromatic rings. The minimum Gasteiger partial charge on any atom is -0.480 e. The molecule has 2 N–H and O–H groups in total. The van der Waals surface area contributed by atoms with Crippen LogP contribution < -0.4 is 5.32 Å². The van der Waals surface area contributed by atoms with Gasteiger partial charge in [-0.2, -0.15) is 0 Å². The molecule has 0 radical (unpaired) electrons. The number of hydrogen-bond acceptors (Lipinski definition) is 2. The van der Waals surface area contributed by atoms with Gasteiger partial charge in [0.05, 0.1) is 0 Å². The van der Waals surface area contributed by atoms with Crippen LogP contribution in [0, 0.1) is 0 Å². The second-order valence-corrected chi connectivity index (χ2v) is 5.42. The third kappa shape index (κ3) is 18.0. The number of rotatable bonds is 14. The van der Waals surface area contributed by atoms with Crippen LogP contribution >= 0.6 is 0 Å². The maximum atomic E-state index is 11.3. The Hall–Kier alpha value is -2.10. The van der Waals surface area contributed by atoms with Crippen LogP contribution in [0.3, 0.4) is 0 Å². The van der Waals surface area contributed by atoms with Gasteiger partial charge in [-0.05, 0) is 44.9 Å². The van der Waals surface area contributed by atoms with Crippen molar-refractivity contribution >= 4 is 11.9 Å². The lowest BCUT2D eigenvalue weighted by Crippen LogP contribution is -2.28. The average Bonchev–Trinajstić information content (AvgIpc) is 2.56. The van der Waals surface area contributed by atoms with Gasteiger partial charge in [-0.25, -0.2) is 0 Å². The Morgan fingerprint density at radius 1 is 0.833 bits per heavy atom. The number of aliphatic carboxylic acids is 1. The summed E-state index contributed by atoms with van der Waals surface area (Å²) in [4.78, 5) is 21.6. The van der Waals surface area contributed by atoms with Crippen LogP contribution in [0.25, 0.3) is 0 Å². The number of carbonyl (C=O) groups is 2. The van der Waals surface area contributed by atoms with E-state index in [0.29, 0.717) is 6.42 Å². The van der Waals surface area contributed by atoms with Crippen molar-refractivity contribution in [3.05, 3.63) is 48.6 Å². The number of carboxylic acid groups (broad SMARTS) is 1. The van der Waals surface area contributed by atoms with Crippen LogP contribution in [0.4, 0.5) is 0 Å². The summed E-state index contributed by atoms with van der Waals surface area (Å²) in [6, 6.07) is 0. The van der Waals surface area contributed by atoms with Gasteiger partial charge in [-0.1, -0.05) is 55.5 Å². The van der Waals surface area contributed by atoms with E-state index in [1.165, 1.54) is 0 Å². The highest BCUT2D eigenvalue weighted by molar-refractivity contribution is 5.80. The van der Waals surface area contributed by atoms with Gasteiger partial charge in [-0.3, -0.25) is 9.59 Å². The van der Waals surface area contributed by atoms with E-state index in [-0.39, 0.29) is 12.5 Å². The molecule has 0 atom stereocenters. The lowest BCUT2D eigenvalue weighted by atomic mass is 10.1. The Balaban J connectivity index is 3.46. The Morgan fingerprint density at radius 3 is 1.92 bits per heavy atom. The lowest BCUT2D eigenvalue weighted by molar-refractivity contribution is -0.137. The molecule has 0 spiro atoms. The van der Waals surface area contributed by atoms with Crippen molar-refractivity contribution in [1.29, 1.82) is 0 Å². The summed E-state index contributed by atoms with van der Waals surface area (Å²) >= 11 is 0. The highest BCUT2D eigenvalue weighted by Gasteiger charge is 2.02. The Labute approximate surface area is 146 Å². The van der Waals surface area contributed by atoms with Crippen molar-refractivity contribution in [2.75, 3.05) is 6.54 Å². The van der Waals surface area contributed by atoms with Crippen LogP contribution in [0.1, 0.15) is 58.3 Å². The first kappa shape index (κ1) is 21.9. The number of allylic oxidation sites excluding steroid dienone is 8. The summed E-state index contributed by atoms with van der Waals surface area (Å²) in [5.41, 5.74) is 0. The molecule has 0 saturated carbocycles. The van der Waals surface area contributed by atoms with Crippen molar-refractivity contribution in [2.45, 2.75) is 58.3 Å². The molecule has 4 heteroatoms. The zero-order valence-electron chi connectivity index (χ0n) is 14.7. The summed E-state index contributed by atoms with van der Waals surface area (Å²) < 4.78 is 0. The Kier molecular flexibility index (Phi) is 15.7. The molecule has 24 heavy (non-hydrogen) atoms. The van der Waals surface area contributed by atoms with Crippen molar-refractivity contribution in [2.24, 2.45) is 0 Å². The maximum absolute atomic E-state index is 11.3. The zero-order chi connectivity index (χ0) is 17.9. The van der Waals surface area contributed by atoms with Crippen LogP contribution in [-0.2, 0) is 9.59 Å². The number of unbranched alkanes of at least 4 members (excludes halogenated alkanes) is 2. The standard InChI is InChI=1S/C20H31NO3/c1-2-3-4-5-6-7-8-9-10-11-12-13-14-15-16-17-19(22)21-18-20(23)24/h3-4,6-7,9-10,12-13H,2,5,8,11,14-18H2,1H3,(H,21,22)(H,23,24). The molecule has 0 aliphatic carbocycles. The quantitative estimate of drug-likeness (QED) is 0.362. The van der Waals surface area contributed by atoms with Crippen molar-refractivity contribution in [1.82, 2.24) is 5.32 Å². The van der Waals surface area contributed by atoms with Crippen LogP contribution in [0.5, 0.6) is 0 Å². The predicted octanol–water partition coefficient (Wildman–Crippen LogP) is 4.55. The maximum Gasteiger partial charge on any atom is 0.322 e. The number of amides is 1. The first-order chi connectivity index (χ1) is 11.7. The lowest BCUT2D eigenvalue weighted by Gasteiger charge is -2.00. The molecule has 0 heterocycles. The molecule has 134 valence electrons. The second kappa shape index (κ2) is 17.3. The van der Waals surface area contributed by atoms with E-state index < -0.39 is 5.97 Å². The zero-order valence-corrected chi connectivity index (χ0v) is 14.7. The monoisotopic (exact) mass is 333 g/mol. The van der Waals surface area contributed by atoms with E-state index in [9.17, 15) is 9.59 Å². The molecule has 4 nitrogen and oxygen atoms in total. The van der Waals surface area contributed by atoms with Crippen LogP contribution in [0.15, 0.2) is 48.6 Å². The van der Waals surface area contributed by atoms with Crippen LogP contribution in [0.2, 0.25) is 0 Å². The van der Waals surface area contributed by atoms with Gasteiger partial charge in [-0.15, -0.1) is 0 Å². The van der Waals surface area contributed by atoms with Gasteiger partial charge < -0.3 is 10.4 Å². The van der Waals surface area contributed by atoms with E-state index in [2.05, 4.69) is 60.8 Å². The predicted molar refractivity (Wildman–Crippen MR) is 99.8 cm³/mol. The van der Waals surface area contributed by atoms with Gasteiger partial charge in [0.15, 0.2) is 0 Å². The van der Waals surface area contributed by atoms with E-state index in [4.69, 9.17) is 5.11 Å². The average molecular weight is 333 g/mol. The van der Waals surface area contributed by atoms with Gasteiger partial charge in [0.2, 0.25) is 5.91 Å². The fourth-order valence-corrected chi connectivity index (χ4v) is 1.91. The summed E-state index contributed by atoms with van der Waals surface area (Å²) in [6.45, 7) is 1.84. The fraction of sp³-hybridized carbons (Fsp3) is 0.500. The van der Waals surface area contributed by atoms with E-state index >= 15 is 0 Å². The van der Waals surface area contributed by atoms with E-state index in [1.54, 1.807) is 0 Å². The fourth-order valence-electron chi connectivity index (χ4n) is 1.91. The molecule has 0 aliphatic rings. The van der Waals surface area contributed by atoms with E-state index in [0.717, 1.165) is 44.9 Å². The molecule has 0 aromatic heterocycles. The molecule has 0 unspecified atom stereocenters. The van der Waals surface area contributed by atoms with Crippen molar-refractivity contribution < 1.29 is 14.7 Å². The molecule has 0 bridgehead atoms. The number of carbonyl (C=O) groups excluding carboxylic acids is 1. The van der Waals surface area contributed by atoms with E-state index in [1.807, 2.05) is 0 Å². The second-order valence-electron chi connectivity index (χ2n) is 5.42. The molecular formula is C20H31NO3. The minimum absolute atomic E-state index is 0.192. The molecular weight excluding hydrogens is 302 g/mol. The third-order valence-corrected chi connectivity index (χ3v) is 3.18. The minimum atomic E-state index is -1.01. The number of carboxylic acids is 1. The van der Waals surface area contributed by atoms with Crippen molar-refractivity contribution in [3.63, 3.8) is 0 Å². The topological polar surface area (TPSA) is 66.4 Å². The van der Waals surface area contributed by atoms with Gasteiger partial charge >= 0.3 is 5.97 Å². The molecule has 0 rings (SSSR count). The SMILES string of the molecule is CCC=CCC=CCC=CCC=CCCCCC(=O)NCC(=O)O. The van der Waals surface area contributed by atoms with Gasteiger partial charge in [0.25, 0.3) is 0 Å². The molecule has 1 amide bonds. The molecule has 0 aromatic carbocycles. The third-order valence-electron chi connectivity index (χ3n) is 3.18. The highest BCUT2D eigenvalue weighted by atomic mass is 16.4. The smallest absolute Gasteiger partial charge is 0.322 e. The van der Waals surface area contributed by atoms with Gasteiger partial charge in [0, 0.05) is 6.42 Å². The molecule has 0 aliphatic heterocycles. The first-order valence-electron chi connectivity index (χ1n) is 8.75. The summed E-state index contributed by atoms with van der Waals surface area (Å²) in [6.07, 6.45) is 24.4. The Bertz CT molecular complexity index is 448. The van der Waals surface area contributed by atoms with Crippen molar-refractivity contribution in [3.8, 4) is 0 Å². The largest absolute Gasteiger partial charge is 0.480 e. The van der Waals surface area contributed by atoms with Crippen LogP contribution in [-0.4, -0.2) is 23.5 Å². The molecule has 0 saturated heterocycles. The normalized spacial score (nSPS) is 12.0. The number of nitrogens with one attached hydrogen (secondary N) is 1. The van der Waals surface area contributed by atoms with Gasteiger partial charge in [0.1, 0.15) is 6.54 Å². The highest BCUT2D eigenvalue weighted by Crippen LogP contribution is 2.02.